The van der Waals surface area contributed by atoms with Crippen LogP contribution in [0.5, 0.6) is 5.88 Å². The topological polar surface area (TPSA) is 89.4 Å². The molecule has 2 unspecified atom stereocenters. The molecule has 36 heavy (non-hydrogen) atoms. The molecular weight excluding hydrogens is 454 g/mol. The molecule has 1 N–H and O–H groups in total. The van der Waals surface area contributed by atoms with Gasteiger partial charge in [-0.25, -0.2) is 4.98 Å². The van der Waals surface area contributed by atoms with Gasteiger partial charge in [0.15, 0.2) is 0 Å². The predicted octanol–water partition coefficient (Wildman–Crippen LogP) is 4.38. The molecule has 0 fully saturated rings. The van der Waals surface area contributed by atoms with Crippen LogP contribution in [-0.2, 0) is 6.54 Å². The number of hydrogen-bond acceptors (Lipinski definition) is 5. The first-order valence-electron chi connectivity index (χ1n) is 12.5. The van der Waals surface area contributed by atoms with Gasteiger partial charge < -0.3 is 15.0 Å². The van der Waals surface area contributed by atoms with Crippen LogP contribution < -0.4 is 10.1 Å². The molecule has 1 aromatic carbocycles. The van der Waals surface area contributed by atoms with E-state index >= 15 is 0 Å². The maximum Gasteiger partial charge on any atom is 0.269 e. The molecule has 0 aliphatic rings. The Bertz CT molecular complexity index is 1180. The van der Waals surface area contributed by atoms with Crippen molar-refractivity contribution < 1.29 is 14.3 Å². The highest BCUT2D eigenvalue weighted by Gasteiger charge is 2.28. The molecule has 192 valence electrons. The number of ether oxygens (including phenoxy) is 1. The Labute approximate surface area is 213 Å². The molecule has 8 heteroatoms. The normalized spacial score (nSPS) is 12.6. The third-order valence-corrected chi connectivity index (χ3v) is 6.35. The van der Waals surface area contributed by atoms with E-state index in [2.05, 4.69) is 34.5 Å². The Morgan fingerprint density at radius 2 is 1.81 bits per heavy atom. The van der Waals surface area contributed by atoms with Crippen molar-refractivity contribution in [3.05, 3.63) is 76.7 Å². The molecule has 3 rings (SSSR count). The number of aromatic nitrogens is 3. The van der Waals surface area contributed by atoms with Crippen molar-refractivity contribution in [2.24, 2.45) is 0 Å². The fourth-order valence-electron chi connectivity index (χ4n) is 4.49. The van der Waals surface area contributed by atoms with Crippen LogP contribution in [0, 0.1) is 13.8 Å². The van der Waals surface area contributed by atoms with E-state index < -0.39 is 0 Å². The summed E-state index contributed by atoms with van der Waals surface area (Å²) in [5.41, 5.74) is 3.74. The van der Waals surface area contributed by atoms with Gasteiger partial charge in [0.05, 0.1) is 12.3 Å². The summed E-state index contributed by atoms with van der Waals surface area (Å²) >= 11 is 0. The van der Waals surface area contributed by atoms with Gasteiger partial charge in [0.2, 0.25) is 5.88 Å². The molecule has 0 saturated heterocycles. The minimum atomic E-state index is -0.163. The van der Waals surface area contributed by atoms with Gasteiger partial charge >= 0.3 is 0 Å². The maximum absolute atomic E-state index is 13.6. The number of hydrogen-bond donors (Lipinski definition) is 1. The highest BCUT2D eigenvalue weighted by atomic mass is 16.5. The molecule has 2 aromatic heterocycles. The van der Waals surface area contributed by atoms with Gasteiger partial charge in [-0.15, -0.1) is 0 Å². The summed E-state index contributed by atoms with van der Waals surface area (Å²) in [6, 6.07) is 15.2. The average Bonchev–Trinajstić information content (AvgIpc) is 3.26. The number of nitrogens with one attached hydrogen (secondary N) is 1. The molecular formula is C28H37N5O3. The summed E-state index contributed by atoms with van der Waals surface area (Å²) in [5, 5.41) is 7.39. The molecule has 0 aliphatic heterocycles. The zero-order valence-corrected chi connectivity index (χ0v) is 22.1. The van der Waals surface area contributed by atoms with Crippen LogP contribution in [0.3, 0.4) is 0 Å². The summed E-state index contributed by atoms with van der Waals surface area (Å²) in [6.07, 6.45) is 0.589. The van der Waals surface area contributed by atoms with Gasteiger partial charge in [-0.2, -0.15) is 5.10 Å². The second kappa shape index (κ2) is 12.3. The van der Waals surface area contributed by atoms with E-state index in [9.17, 15) is 9.59 Å². The van der Waals surface area contributed by atoms with E-state index in [4.69, 9.17) is 4.74 Å². The van der Waals surface area contributed by atoms with Gasteiger partial charge in [0.25, 0.3) is 11.8 Å². The third-order valence-electron chi connectivity index (χ3n) is 6.35. The Morgan fingerprint density at radius 3 is 2.47 bits per heavy atom. The Hall–Kier alpha value is -3.68. The van der Waals surface area contributed by atoms with Gasteiger partial charge in [-0.1, -0.05) is 37.3 Å². The zero-order valence-electron chi connectivity index (χ0n) is 22.1. The van der Waals surface area contributed by atoms with Gasteiger partial charge in [0, 0.05) is 49.4 Å². The second-order valence-corrected chi connectivity index (χ2v) is 8.98. The largest absolute Gasteiger partial charge is 0.478 e. The van der Waals surface area contributed by atoms with E-state index in [0.717, 1.165) is 17.0 Å². The highest BCUT2D eigenvalue weighted by Crippen LogP contribution is 2.26. The van der Waals surface area contributed by atoms with E-state index in [1.807, 2.05) is 52.9 Å². The van der Waals surface area contributed by atoms with Crippen LogP contribution in [0.1, 0.15) is 70.9 Å². The molecule has 0 saturated carbocycles. The van der Waals surface area contributed by atoms with Gasteiger partial charge in [0.1, 0.15) is 5.69 Å². The lowest BCUT2D eigenvalue weighted by Crippen LogP contribution is -2.42. The summed E-state index contributed by atoms with van der Waals surface area (Å²) in [5.74, 6) is 0.218. The van der Waals surface area contributed by atoms with Crippen LogP contribution >= 0.6 is 0 Å². The second-order valence-electron chi connectivity index (χ2n) is 8.98. The Morgan fingerprint density at radius 1 is 1.08 bits per heavy atom. The van der Waals surface area contributed by atoms with E-state index in [-0.39, 0.29) is 23.8 Å². The van der Waals surface area contributed by atoms with Crippen molar-refractivity contribution in [1.82, 2.24) is 25.0 Å². The zero-order chi connectivity index (χ0) is 26.2. The van der Waals surface area contributed by atoms with Crippen LogP contribution in [0.4, 0.5) is 0 Å². The third kappa shape index (κ3) is 6.50. The van der Waals surface area contributed by atoms with Crippen LogP contribution in [0.25, 0.3) is 0 Å². The quantitative estimate of drug-likeness (QED) is 0.430. The molecule has 0 radical (unpaired) electrons. The Kier molecular flexibility index (Phi) is 9.22. The number of likely N-dealkylation sites (N-methyl/N-ethyl adjacent to an activating group) is 1. The molecule has 2 amide bonds. The number of rotatable bonds is 11. The first kappa shape index (κ1) is 26.9. The number of carbonyl (C=O) groups excluding carboxylic acids is 2. The van der Waals surface area contributed by atoms with Crippen molar-refractivity contribution in [2.45, 2.75) is 59.5 Å². The standard InChI is InChI=1S/C28H37N5O3/c1-7-33-25(17-20(4)31-33)27(34)29-15-14-24(21(5)22-12-10-9-11-13-22)32(6)28(35)23-16-19(3)30-26(18-23)36-8-2/h9-13,16-18,21,24H,7-8,14-15H2,1-6H3,(H,29,34). The van der Waals surface area contributed by atoms with Crippen LogP contribution in [0.2, 0.25) is 0 Å². The summed E-state index contributed by atoms with van der Waals surface area (Å²) in [6.45, 7) is 11.2. The predicted molar refractivity (Wildman–Crippen MR) is 140 cm³/mol. The smallest absolute Gasteiger partial charge is 0.269 e. The van der Waals surface area contributed by atoms with Crippen molar-refractivity contribution >= 4 is 11.8 Å². The number of amides is 2. The SMILES string of the molecule is CCOc1cc(C(=O)N(C)C(CCNC(=O)c2cc(C)nn2CC)C(C)c2ccccc2)cc(C)n1. The van der Waals surface area contributed by atoms with E-state index in [1.165, 1.54) is 0 Å². The van der Waals surface area contributed by atoms with E-state index in [0.29, 0.717) is 43.3 Å². The van der Waals surface area contributed by atoms with Gasteiger partial charge in [-0.3, -0.25) is 14.3 Å². The number of nitrogens with zero attached hydrogens (tertiary/aromatic N) is 4. The van der Waals surface area contributed by atoms with Crippen molar-refractivity contribution in [3.63, 3.8) is 0 Å². The van der Waals surface area contributed by atoms with Crippen molar-refractivity contribution in [3.8, 4) is 5.88 Å². The van der Waals surface area contributed by atoms with Crippen molar-refractivity contribution in [1.29, 1.82) is 0 Å². The number of aryl methyl sites for hydroxylation is 3. The molecule has 0 spiro atoms. The van der Waals surface area contributed by atoms with Gasteiger partial charge in [-0.05, 0) is 51.8 Å². The molecule has 0 aliphatic carbocycles. The fraction of sp³-hybridized carbons (Fsp3) is 0.429. The first-order chi connectivity index (χ1) is 17.2. The number of carbonyl (C=O) groups is 2. The molecule has 0 bridgehead atoms. The molecule has 2 atom stereocenters. The minimum Gasteiger partial charge on any atom is -0.478 e. The van der Waals surface area contributed by atoms with Crippen LogP contribution in [0.15, 0.2) is 48.5 Å². The molecule has 2 heterocycles. The summed E-state index contributed by atoms with van der Waals surface area (Å²) in [7, 11) is 1.82. The Balaban J connectivity index is 1.80. The highest BCUT2D eigenvalue weighted by molar-refractivity contribution is 5.95. The number of benzene rings is 1. The summed E-state index contributed by atoms with van der Waals surface area (Å²) in [4.78, 5) is 32.6. The van der Waals surface area contributed by atoms with Crippen LogP contribution in [-0.4, -0.2) is 57.7 Å². The average molecular weight is 492 g/mol. The van der Waals surface area contributed by atoms with E-state index in [1.54, 1.807) is 27.8 Å². The fourth-order valence-corrected chi connectivity index (χ4v) is 4.49. The maximum atomic E-state index is 13.6. The lowest BCUT2D eigenvalue weighted by atomic mass is 9.90. The lowest BCUT2D eigenvalue weighted by molar-refractivity contribution is 0.0701. The minimum absolute atomic E-state index is 0.0507. The lowest BCUT2D eigenvalue weighted by Gasteiger charge is -2.33. The monoisotopic (exact) mass is 491 g/mol. The summed E-state index contributed by atoms with van der Waals surface area (Å²) < 4.78 is 7.25. The van der Waals surface area contributed by atoms with Crippen molar-refractivity contribution in [2.75, 3.05) is 20.2 Å². The number of pyridine rings is 1. The molecule has 8 nitrogen and oxygen atoms in total. The molecule has 3 aromatic rings. The first-order valence-corrected chi connectivity index (χ1v) is 12.5.